The van der Waals surface area contributed by atoms with E-state index in [1.54, 1.807) is 11.1 Å². The quantitative estimate of drug-likeness (QED) is 0.360. The zero-order valence-corrected chi connectivity index (χ0v) is 19.2. The molecule has 0 aliphatic heterocycles. The molecule has 0 saturated heterocycles. The molecule has 25 heavy (non-hydrogen) atoms. The van der Waals surface area contributed by atoms with E-state index in [0.29, 0.717) is 16.6 Å². The zero-order valence-electron chi connectivity index (χ0n) is 18.2. The van der Waals surface area contributed by atoms with Crippen molar-refractivity contribution in [1.82, 2.24) is 0 Å². The first-order valence-corrected chi connectivity index (χ1v) is 13.3. The largest absolute Gasteiger partial charge is 0.414 e. The normalized spacial score (nSPS) is 32.5. The fourth-order valence-electron chi connectivity index (χ4n) is 4.88. The number of fused-ring (bicyclic) bond motifs is 1. The van der Waals surface area contributed by atoms with Gasteiger partial charge in [0.2, 0.25) is 0 Å². The molecule has 0 radical (unpaired) electrons. The van der Waals surface area contributed by atoms with Gasteiger partial charge in [-0.05, 0) is 81.8 Å². The van der Waals surface area contributed by atoms with Crippen molar-refractivity contribution in [2.75, 3.05) is 0 Å². The Labute approximate surface area is 158 Å². The van der Waals surface area contributed by atoms with Gasteiger partial charge in [-0.2, -0.15) is 0 Å². The van der Waals surface area contributed by atoms with Gasteiger partial charge in [-0.1, -0.05) is 50.8 Å². The summed E-state index contributed by atoms with van der Waals surface area (Å²) in [5, 5.41) is 0.301. The van der Waals surface area contributed by atoms with E-state index in [9.17, 15) is 0 Å². The molecule has 2 aliphatic rings. The van der Waals surface area contributed by atoms with Gasteiger partial charge in [-0.3, -0.25) is 0 Å². The van der Waals surface area contributed by atoms with Gasteiger partial charge in [0.05, 0.1) is 0 Å². The van der Waals surface area contributed by atoms with Crippen molar-refractivity contribution in [1.29, 1.82) is 0 Å². The maximum absolute atomic E-state index is 6.95. The van der Waals surface area contributed by atoms with E-state index in [0.717, 1.165) is 12.3 Å². The SMILES string of the molecule is C=C(C)CC/C(C)=C1\CC[C@H]2[C@@H](O[Si](C)(C)C(C)(C)C)CCC[C@]12C. The first-order valence-electron chi connectivity index (χ1n) is 10.4. The average molecular weight is 363 g/mol. The zero-order chi connectivity index (χ0) is 19.0. The van der Waals surface area contributed by atoms with Crippen molar-refractivity contribution in [2.45, 2.75) is 111 Å². The lowest BCUT2D eigenvalue weighted by Crippen LogP contribution is -2.49. The molecular weight excluding hydrogens is 320 g/mol. The highest BCUT2D eigenvalue weighted by molar-refractivity contribution is 6.74. The molecule has 2 saturated carbocycles. The molecule has 1 nitrogen and oxygen atoms in total. The van der Waals surface area contributed by atoms with Crippen molar-refractivity contribution in [3.8, 4) is 0 Å². The highest BCUT2D eigenvalue weighted by Crippen LogP contribution is 2.58. The van der Waals surface area contributed by atoms with E-state index < -0.39 is 8.32 Å². The van der Waals surface area contributed by atoms with Crippen LogP contribution in [0.1, 0.15) is 86.5 Å². The van der Waals surface area contributed by atoms with Crippen LogP contribution in [-0.2, 0) is 4.43 Å². The minimum absolute atomic E-state index is 0.301. The summed E-state index contributed by atoms with van der Waals surface area (Å²) in [6.07, 6.45) is 9.38. The molecule has 0 heterocycles. The maximum Gasteiger partial charge on any atom is 0.192 e. The van der Waals surface area contributed by atoms with Crippen LogP contribution >= 0.6 is 0 Å². The molecule has 3 atom stereocenters. The summed E-state index contributed by atoms with van der Waals surface area (Å²) < 4.78 is 6.95. The first kappa shape index (κ1) is 21.0. The van der Waals surface area contributed by atoms with Crippen LogP contribution in [0, 0.1) is 11.3 Å². The van der Waals surface area contributed by atoms with Crippen molar-refractivity contribution < 1.29 is 4.43 Å². The Bertz CT molecular complexity index is 537. The van der Waals surface area contributed by atoms with Crippen LogP contribution < -0.4 is 0 Å². The Morgan fingerprint density at radius 2 is 1.84 bits per heavy atom. The van der Waals surface area contributed by atoms with Gasteiger partial charge < -0.3 is 4.43 Å². The lowest BCUT2D eigenvalue weighted by molar-refractivity contribution is 0.0230. The lowest BCUT2D eigenvalue weighted by atomic mass is 9.65. The number of hydrogen-bond acceptors (Lipinski definition) is 1. The summed E-state index contributed by atoms with van der Waals surface area (Å²) in [5.41, 5.74) is 5.09. The standard InChI is InChI=1S/C23H42OSi/c1-17(2)12-13-18(3)19-14-15-20-21(11-10-16-23(19,20)7)24-25(8,9)22(4,5)6/h20-21H,1,10-16H2,2-9H3/b19-18+/t20-,21-,23+/m0/s1. The molecule has 0 amide bonds. The van der Waals surface area contributed by atoms with Gasteiger partial charge in [0, 0.05) is 6.10 Å². The summed E-state index contributed by atoms with van der Waals surface area (Å²) >= 11 is 0. The van der Waals surface area contributed by atoms with Gasteiger partial charge in [0.1, 0.15) is 0 Å². The van der Waals surface area contributed by atoms with Crippen molar-refractivity contribution >= 4 is 8.32 Å². The van der Waals surface area contributed by atoms with E-state index >= 15 is 0 Å². The van der Waals surface area contributed by atoms with Crippen LogP contribution in [0.5, 0.6) is 0 Å². The topological polar surface area (TPSA) is 9.23 Å². The first-order chi connectivity index (χ1) is 11.4. The highest BCUT2D eigenvalue weighted by atomic mass is 28.4. The molecule has 0 spiro atoms. The fourth-order valence-corrected chi connectivity index (χ4v) is 6.27. The molecule has 2 fully saturated rings. The molecule has 0 bridgehead atoms. The van der Waals surface area contributed by atoms with Gasteiger partial charge in [0.15, 0.2) is 8.32 Å². The van der Waals surface area contributed by atoms with E-state index in [-0.39, 0.29) is 0 Å². The predicted octanol–water partition coefficient (Wildman–Crippen LogP) is 7.65. The molecule has 0 unspecified atom stereocenters. The minimum atomic E-state index is -1.69. The van der Waals surface area contributed by atoms with E-state index in [4.69, 9.17) is 4.43 Å². The Hall–Kier alpha value is -0.343. The average Bonchev–Trinajstić information content (AvgIpc) is 2.81. The van der Waals surface area contributed by atoms with E-state index in [1.807, 2.05) is 0 Å². The third kappa shape index (κ3) is 4.32. The molecule has 144 valence electrons. The van der Waals surface area contributed by atoms with Crippen molar-refractivity contribution in [3.05, 3.63) is 23.3 Å². The second kappa shape index (κ2) is 7.35. The van der Waals surface area contributed by atoms with Crippen LogP contribution in [0.4, 0.5) is 0 Å². The van der Waals surface area contributed by atoms with Gasteiger partial charge >= 0.3 is 0 Å². The molecule has 0 N–H and O–H groups in total. The lowest BCUT2D eigenvalue weighted by Gasteiger charge is -2.48. The third-order valence-corrected chi connectivity index (χ3v) is 12.0. The molecule has 2 rings (SSSR count). The van der Waals surface area contributed by atoms with Crippen LogP contribution in [0.2, 0.25) is 18.1 Å². The summed E-state index contributed by atoms with van der Waals surface area (Å²) in [6, 6.07) is 0. The Kier molecular flexibility index (Phi) is 6.16. The highest BCUT2D eigenvalue weighted by Gasteiger charge is 2.51. The van der Waals surface area contributed by atoms with Gasteiger partial charge in [0.25, 0.3) is 0 Å². The summed E-state index contributed by atoms with van der Waals surface area (Å²) in [4.78, 5) is 0. The maximum atomic E-state index is 6.95. The summed E-state index contributed by atoms with van der Waals surface area (Å²) in [7, 11) is -1.69. The fraction of sp³-hybridized carbons (Fsp3) is 0.826. The Morgan fingerprint density at radius 3 is 2.40 bits per heavy atom. The monoisotopic (exact) mass is 362 g/mol. The molecule has 0 aromatic carbocycles. The predicted molar refractivity (Wildman–Crippen MR) is 114 cm³/mol. The molecule has 0 aromatic heterocycles. The van der Waals surface area contributed by atoms with Crippen LogP contribution in [0.3, 0.4) is 0 Å². The minimum Gasteiger partial charge on any atom is -0.414 e. The van der Waals surface area contributed by atoms with Crippen LogP contribution in [0.25, 0.3) is 0 Å². The second-order valence-corrected chi connectivity index (χ2v) is 15.3. The Balaban J connectivity index is 2.21. The van der Waals surface area contributed by atoms with Crippen LogP contribution in [0.15, 0.2) is 23.3 Å². The molecule has 2 aliphatic carbocycles. The molecular formula is C23H42OSi. The Morgan fingerprint density at radius 1 is 1.20 bits per heavy atom. The van der Waals surface area contributed by atoms with Crippen molar-refractivity contribution in [3.63, 3.8) is 0 Å². The second-order valence-electron chi connectivity index (χ2n) is 10.6. The number of allylic oxidation sites excluding steroid dienone is 3. The van der Waals surface area contributed by atoms with E-state index in [2.05, 4.69) is 61.2 Å². The molecule has 2 heteroatoms. The smallest absolute Gasteiger partial charge is 0.192 e. The number of rotatable bonds is 5. The third-order valence-electron chi connectivity index (χ3n) is 7.54. The summed E-state index contributed by atoms with van der Waals surface area (Å²) in [6.45, 7) is 23.1. The number of hydrogen-bond donors (Lipinski definition) is 0. The van der Waals surface area contributed by atoms with Gasteiger partial charge in [-0.15, -0.1) is 6.58 Å². The summed E-state index contributed by atoms with van der Waals surface area (Å²) in [5.74, 6) is 0.727. The molecule has 0 aromatic rings. The van der Waals surface area contributed by atoms with Crippen LogP contribution in [-0.4, -0.2) is 14.4 Å². The van der Waals surface area contributed by atoms with E-state index in [1.165, 1.54) is 44.1 Å². The van der Waals surface area contributed by atoms with Gasteiger partial charge in [-0.25, -0.2) is 0 Å². The van der Waals surface area contributed by atoms with Crippen molar-refractivity contribution in [2.24, 2.45) is 11.3 Å².